The maximum atomic E-state index is 4.46. The van der Waals surface area contributed by atoms with Gasteiger partial charge in [0.1, 0.15) is 0 Å². The van der Waals surface area contributed by atoms with Crippen molar-refractivity contribution < 1.29 is 18.5 Å². The first-order valence-corrected chi connectivity index (χ1v) is 3.41. The van der Waals surface area contributed by atoms with Crippen LogP contribution in [0.25, 0.3) is 0 Å². The van der Waals surface area contributed by atoms with E-state index in [4.69, 9.17) is 0 Å². The van der Waals surface area contributed by atoms with Crippen LogP contribution >= 0.6 is 0 Å². The molecule has 0 aliphatic carbocycles. The van der Waals surface area contributed by atoms with E-state index in [1.54, 1.807) is 0 Å². The van der Waals surface area contributed by atoms with Gasteiger partial charge in [-0.25, -0.2) is 0 Å². The summed E-state index contributed by atoms with van der Waals surface area (Å²) >= 11 is 4.31. The van der Waals surface area contributed by atoms with E-state index in [1.165, 1.54) is 0 Å². The normalized spacial score (nSPS) is 6.20. The Labute approximate surface area is 79.0 Å². The molecule has 0 aromatic rings. The molecule has 0 saturated heterocycles. The van der Waals surface area contributed by atoms with E-state index in [0.29, 0.717) is 0 Å². The Hall–Kier alpha value is 0.905. The second-order valence-corrected chi connectivity index (χ2v) is 1.58. The van der Waals surface area contributed by atoms with Crippen LogP contribution in [0.5, 0.6) is 0 Å². The summed E-state index contributed by atoms with van der Waals surface area (Å²) in [6, 6.07) is 0. The van der Waals surface area contributed by atoms with Crippen molar-refractivity contribution in [3.63, 3.8) is 0 Å². The molecular formula is C4H10Al2O4. The van der Waals surface area contributed by atoms with Crippen LogP contribution in [0.4, 0.5) is 0 Å². The Bertz CT molecular complexity index is 23.2. The van der Waals surface area contributed by atoms with Crippen molar-refractivity contribution in [3.8, 4) is 0 Å². The molecule has 0 bridgehead atoms. The van der Waals surface area contributed by atoms with E-state index in [0.717, 1.165) is 13.2 Å². The first-order chi connectivity index (χ1) is 3.83. The molecule has 4 nitrogen and oxygen atoms in total. The molecule has 0 atom stereocenters. The van der Waals surface area contributed by atoms with Gasteiger partial charge in [-0.1, -0.05) is 0 Å². The molecule has 0 rings (SSSR count). The van der Waals surface area contributed by atoms with Gasteiger partial charge in [-0.15, -0.1) is 0 Å². The fourth-order valence-electron chi connectivity index (χ4n) is 0. The molecule has 0 heterocycles. The maximum absolute atomic E-state index is 4.46. The largest absolute Gasteiger partial charge is 2.00 e. The molecule has 10 heavy (non-hydrogen) atoms. The van der Waals surface area contributed by atoms with Gasteiger partial charge in [0.05, 0.1) is 0 Å². The summed E-state index contributed by atoms with van der Waals surface area (Å²) in [6.07, 6.45) is 0. The van der Waals surface area contributed by atoms with Gasteiger partial charge in [0.2, 0.25) is 0 Å². The topological polar surface area (TPSA) is 75.5 Å². The standard InChI is InChI=1S/2C2H5O.2Al.2O/c2*1-2-3;;;;/h2*2H2,1H3;;;;/q2*-1;2*+3;2*-2. The minimum atomic E-state index is 0. The Morgan fingerprint density at radius 2 is 1.00 bits per heavy atom. The third kappa shape index (κ3) is 65.9. The van der Waals surface area contributed by atoms with Crippen molar-refractivity contribution in [2.75, 3.05) is 13.2 Å². The monoisotopic (exact) mass is 176 g/mol. The van der Waals surface area contributed by atoms with Gasteiger partial charge >= 0.3 is 67.9 Å². The number of rotatable bonds is 2. The minimum absolute atomic E-state index is 0. The first-order valence-electron chi connectivity index (χ1n) is 2.46. The molecular weight excluding hydrogens is 166 g/mol. The van der Waals surface area contributed by atoms with Gasteiger partial charge < -0.3 is 11.0 Å². The smallest absolute Gasteiger partial charge is 2.00 e. The van der Waals surface area contributed by atoms with Crippen molar-refractivity contribution in [2.24, 2.45) is 0 Å². The number of hydrogen-bond donors (Lipinski definition) is 0. The summed E-state index contributed by atoms with van der Waals surface area (Å²) in [5.74, 6) is 0. The molecule has 0 amide bonds. The summed E-state index contributed by atoms with van der Waals surface area (Å²) in [5.41, 5.74) is 0. The average molecular weight is 176 g/mol. The van der Waals surface area contributed by atoms with Gasteiger partial charge in [0.15, 0.2) is 0 Å². The molecule has 0 aliphatic rings. The summed E-state index contributed by atoms with van der Waals surface area (Å²) in [6.45, 7) is 5.44. The van der Waals surface area contributed by atoms with Crippen LogP contribution in [-0.2, 0) is 18.5 Å². The van der Waals surface area contributed by atoms with Crippen LogP contribution in [0.1, 0.15) is 13.8 Å². The van der Waals surface area contributed by atoms with Crippen LogP contribution < -0.4 is 0 Å². The minimum Gasteiger partial charge on any atom is -2.00 e. The molecule has 0 unspecified atom stereocenters. The van der Waals surface area contributed by atoms with E-state index < -0.39 is 0 Å². The molecule has 0 aromatic heterocycles. The average Bonchev–Trinajstić information content (AvgIpc) is 1.88. The zero-order valence-electron chi connectivity index (χ0n) is 6.20. The fraction of sp³-hybridized carbons (Fsp3) is 1.00. The fourth-order valence-corrected chi connectivity index (χ4v) is 0. The zero-order valence-corrected chi connectivity index (χ0v) is 8.51. The van der Waals surface area contributed by atoms with E-state index in [-0.39, 0.29) is 11.0 Å². The number of hydrogen-bond acceptors (Lipinski definition) is 2. The zero-order chi connectivity index (χ0) is 6.83. The molecule has 6 heteroatoms. The van der Waals surface area contributed by atoms with Crippen molar-refractivity contribution in [2.45, 2.75) is 13.8 Å². The molecule has 0 aliphatic heterocycles. The van der Waals surface area contributed by atoms with E-state index in [1.807, 2.05) is 13.8 Å². The van der Waals surface area contributed by atoms with Crippen molar-refractivity contribution in [1.82, 2.24) is 0 Å². The van der Waals surface area contributed by atoms with Gasteiger partial charge in [-0.2, -0.15) is 0 Å². The quantitative estimate of drug-likeness (QED) is 0.554. The van der Waals surface area contributed by atoms with E-state index >= 15 is 0 Å². The molecule has 0 aromatic carbocycles. The third-order valence-electron chi connectivity index (χ3n) is 0.333. The van der Waals surface area contributed by atoms with Gasteiger partial charge in [0, 0.05) is 0 Å². The van der Waals surface area contributed by atoms with E-state index in [2.05, 4.69) is 40.8 Å². The van der Waals surface area contributed by atoms with Gasteiger partial charge in [-0.3, -0.25) is 0 Å². The van der Waals surface area contributed by atoms with Crippen molar-refractivity contribution in [1.29, 1.82) is 0 Å². The van der Waals surface area contributed by atoms with E-state index in [9.17, 15) is 0 Å². The Morgan fingerprint density at radius 3 is 1.00 bits per heavy atom. The van der Waals surface area contributed by atoms with Gasteiger partial charge in [-0.05, 0) is 0 Å². The first kappa shape index (κ1) is 22.4. The molecule has 0 spiro atoms. The van der Waals surface area contributed by atoms with Crippen LogP contribution in [0.15, 0.2) is 0 Å². The SMILES string of the molecule is CC[O][Al+2].CC[O][Al+2].[O-2].[O-2]. The van der Waals surface area contributed by atoms with Crippen LogP contribution in [-0.4, -0.2) is 46.5 Å². The van der Waals surface area contributed by atoms with Crippen molar-refractivity contribution >= 4 is 33.2 Å². The van der Waals surface area contributed by atoms with Crippen molar-refractivity contribution in [3.05, 3.63) is 0 Å². The Morgan fingerprint density at radius 1 is 0.900 bits per heavy atom. The van der Waals surface area contributed by atoms with Gasteiger partial charge in [0.25, 0.3) is 0 Å². The molecule has 0 saturated carbocycles. The molecule has 56 valence electrons. The van der Waals surface area contributed by atoms with Crippen LogP contribution in [0, 0.1) is 0 Å². The summed E-state index contributed by atoms with van der Waals surface area (Å²) < 4.78 is 8.92. The second kappa shape index (κ2) is 32.6. The second-order valence-electron chi connectivity index (χ2n) is 0.911. The Kier molecular flexibility index (Phi) is 73.3. The summed E-state index contributed by atoms with van der Waals surface area (Å²) in [4.78, 5) is 0. The molecule has 0 radical (unpaired) electrons. The third-order valence-corrected chi connectivity index (χ3v) is 1.00. The summed E-state index contributed by atoms with van der Waals surface area (Å²) in [5, 5.41) is 0. The van der Waals surface area contributed by atoms with Crippen LogP contribution in [0.2, 0.25) is 0 Å². The summed E-state index contributed by atoms with van der Waals surface area (Å²) in [7, 11) is 0. The van der Waals surface area contributed by atoms with Crippen LogP contribution in [0.3, 0.4) is 0 Å². The maximum Gasteiger partial charge on any atom is -2.00 e. The predicted molar refractivity (Wildman–Crippen MR) is 36.1 cm³/mol. The Balaban J connectivity index is -0.0000000300. The molecule has 0 N–H and O–H groups in total. The predicted octanol–water partition coefficient (Wildman–Crippen LogP) is -0.0248. The molecule has 0 fully saturated rings.